The zero-order chi connectivity index (χ0) is 14.4. The molecule has 1 saturated heterocycles. The van der Waals surface area contributed by atoms with Crippen LogP contribution in [0.2, 0.25) is 0 Å². The van der Waals surface area contributed by atoms with E-state index in [1.807, 2.05) is 13.8 Å². The van der Waals surface area contributed by atoms with Crippen LogP contribution in [0.4, 0.5) is 0 Å². The van der Waals surface area contributed by atoms with Gasteiger partial charge in [0.25, 0.3) is 0 Å². The number of aliphatic imine (C=N–C) groups is 1. The van der Waals surface area contributed by atoms with Crippen molar-refractivity contribution in [1.82, 2.24) is 15.8 Å². The molecule has 2 rings (SSSR count). The van der Waals surface area contributed by atoms with Crippen LogP contribution in [0, 0.1) is 13.8 Å². The first-order chi connectivity index (χ1) is 9.70. The average molecular weight is 280 g/mol. The van der Waals surface area contributed by atoms with Gasteiger partial charge < -0.3 is 19.9 Å². The van der Waals surface area contributed by atoms with E-state index in [0.29, 0.717) is 12.6 Å². The normalized spacial score (nSPS) is 19.9. The summed E-state index contributed by atoms with van der Waals surface area (Å²) in [6.07, 6.45) is 3.84. The van der Waals surface area contributed by atoms with Crippen LogP contribution in [0.1, 0.15) is 36.3 Å². The number of aromatic nitrogens is 1. The van der Waals surface area contributed by atoms with Gasteiger partial charge in [0, 0.05) is 32.3 Å². The van der Waals surface area contributed by atoms with Gasteiger partial charge in [-0.15, -0.1) is 0 Å². The first kappa shape index (κ1) is 14.8. The van der Waals surface area contributed by atoms with Crippen molar-refractivity contribution in [3.05, 3.63) is 17.0 Å². The molecule has 0 spiro atoms. The molecule has 0 aliphatic carbocycles. The molecule has 2 N–H and O–H groups in total. The van der Waals surface area contributed by atoms with E-state index in [9.17, 15) is 0 Å². The molecule has 0 radical (unpaired) electrons. The van der Waals surface area contributed by atoms with Gasteiger partial charge in [-0.1, -0.05) is 5.16 Å². The third kappa shape index (κ3) is 3.96. The quantitative estimate of drug-likeness (QED) is 0.646. The minimum absolute atomic E-state index is 0.293. The maximum absolute atomic E-state index is 5.69. The molecule has 1 aromatic rings. The largest absolute Gasteiger partial charge is 0.376 e. The molecule has 0 amide bonds. The third-order valence-electron chi connectivity index (χ3n) is 3.61. The van der Waals surface area contributed by atoms with Gasteiger partial charge in [0.05, 0.1) is 11.8 Å². The second-order valence-corrected chi connectivity index (χ2v) is 5.10. The third-order valence-corrected chi connectivity index (χ3v) is 3.61. The summed E-state index contributed by atoms with van der Waals surface area (Å²) in [5, 5.41) is 10.5. The summed E-state index contributed by atoms with van der Waals surface area (Å²) < 4.78 is 10.8. The van der Waals surface area contributed by atoms with Gasteiger partial charge in [-0.2, -0.15) is 0 Å². The van der Waals surface area contributed by atoms with Crippen LogP contribution in [0.3, 0.4) is 0 Å². The molecule has 2 heterocycles. The molecule has 20 heavy (non-hydrogen) atoms. The summed E-state index contributed by atoms with van der Waals surface area (Å²) >= 11 is 0. The van der Waals surface area contributed by atoms with E-state index in [1.165, 1.54) is 12.8 Å². The fourth-order valence-electron chi connectivity index (χ4n) is 2.33. The molecular weight excluding hydrogens is 256 g/mol. The minimum Gasteiger partial charge on any atom is -0.376 e. The number of rotatable bonds is 4. The van der Waals surface area contributed by atoms with Crippen molar-refractivity contribution in [1.29, 1.82) is 0 Å². The monoisotopic (exact) mass is 280 g/mol. The van der Waals surface area contributed by atoms with E-state index in [2.05, 4.69) is 20.8 Å². The number of guanidine groups is 1. The lowest BCUT2D eigenvalue weighted by Crippen LogP contribution is -2.42. The molecule has 1 aliphatic rings. The zero-order valence-corrected chi connectivity index (χ0v) is 12.5. The average Bonchev–Trinajstić information content (AvgIpc) is 2.80. The van der Waals surface area contributed by atoms with Crippen molar-refractivity contribution in [2.45, 2.75) is 45.8 Å². The van der Waals surface area contributed by atoms with E-state index in [-0.39, 0.29) is 0 Å². The Hall–Kier alpha value is -1.56. The van der Waals surface area contributed by atoms with Crippen molar-refractivity contribution in [2.24, 2.45) is 4.99 Å². The first-order valence-electron chi connectivity index (χ1n) is 7.18. The lowest BCUT2D eigenvalue weighted by molar-refractivity contribution is 0.0194. The van der Waals surface area contributed by atoms with E-state index in [1.54, 1.807) is 7.05 Å². The molecule has 112 valence electrons. The Kier molecular flexibility index (Phi) is 5.40. The molecule has 1 fully saturated rings. The van der Waals surface area contributed by atoms with Crippen LogP contribution in [-0.4, -0.2) is 37.4 Å². The predicted molar refractivity (Wildman–Crippen MR) is 77.8 cm³/mol. The number of ether oxygens (including phenoxy) is 1. The number of hydrogen-bond acceptors (Lipinski definition) is 4. The smallest absolute Gasteiger partial charge is 0.191 e. The summed E-state index contributed by atoms with van der Waals surface area (Å²) in [7, 11) is 1.77. The lowest BCUT2D eigenvalue weighted by atomic mass is 10.1. The Balaban J connectivity index is 1.78. The number of aryl methyl sites for hydroxylation is 2. The van der Waals surface area contributed by atoms with E-state index >= 15 is 0 Å². The highest BCUT2D eigenvalue weighted by molar-refractivity contribution is 5.79. The predicted octanol–water partition coefficient (Wildman–Crippen LogP) is 1.53. The van der Waals surface area contributed by atoms with Crippen molar-refractivity contribution in [2.75, 3.05) is 20.2 Å². The van der Waals surface area contributed by atoms with Gasteiger partial charge in [0.2, 0.25) is 0 Å². The zero-order valence-electron chi connectivity index (χ0n) is 12.5. The Morgan fingerprint density at radius 2 is 2.20 bits per heavy atom. The Bertz CT molecular complexity index is 431. The minimum atomic E-state index is 0.293. The van der Waals surface area contributed by atoms with Crippen LogP contribution >= 0.6 is 0 Å². The van der Waals surface area contributed by atoms with Crippen molar-refractivity contribution >= 4 is 5.96 Å². The summed E-state index contributed by atoms with van der Waals surface area (Å²) in [4.78, 5) is 4.22. The SMILES string of the molecule is CN=C(NCc1c(C)noc1C)NCC1CCCCO1. The number of nitrogens with one attached hydrogen (secondary N) is 2. The second kappa shape index (κ2) is 7.28. The van der Waals surface area contributed by atoms with Gasteiger partial charge in [0.1, 0.15) is 5.76 Å². The molecule has 1 aromatic heterocycles. The van der Waals surface area contributed by atoms with Gasteiger partial charge >= 0.3 is 0 Å². The van der Waals surface area contributed by atoms with Crippen LogP contribution in [0.5, 0.6) is 0 Å². The molecule has 0 aromatic carbocycles. The Morgan fingerprint density at radius 3 is 2.80 bits per heavy atom. The molecule has 6 heteroatoms. The summed E-state index contributed by atoms with van der Waals surface area (Å²) in [5.74, 6) is 1.63. The highest BCUT2D eigenvalue weighted by atomic mass is 16.5. The fraction of sp³-hybridized carbons (Fsp3) is 0.714. The molecule has 1 unspecified atom stereocenters. The van der Waals surface area contributed by atoms with Crippen LogP contribution in [0.25, 0.3) is 0 Å². The maximum Gasteiger partial charge on any atom is 0.191 e. The Labute approximate surface area is 120 Å². The molecule has 0 saturated carbocycles. The summed E-state index contributed by atoms with van der Waals surface area (Å²) in [6.45, 7) is 6.19. The molecule has 1 atom stereocenters. The van der Waals surface area contributed by atoms with Crippen molar-refractivity contribution in [3.8, 4) is 0 Å². The van der Waals surface area contributed by atoms with Gasteiger partial charge in [-0.3, -0.25) is 4.99 Å². The topological polar surface area (TPSA) is 71.7 Å². The van der Waals surface area contributed by atoms with E-state index in [4.69, 9.17) is 9.26 Å². The van der Waals surface area contributed by atoms with Crippen LogP contribution in [-0.2, 0) is 11.3 Å². The van der Waals surface area contributed by atoms with Crippen LogP contribution < -0.4 is 10.6 Å². The van der Waals surface area contributed by atoms with Gasteiger partial charge in [-0.05, 0) is 33.1 Å². The maximum atomic E-state index is 5.69. The molecule has 0 bridgehead atoms. The van der Waals surface area contributed by atoms with E-state index < -0.39 is 0 Å². The van der Waals surface area contributed by atoms with E-state index in [0.717, 1.165) is 42.5 Å². The fourth-order valence-corrected chi connectivity index (χ4v) is 2.33. The van der Waals surface area contributed by atoms with Gasteiger partial charge in [-0.25, -0.2) is 0 Å². The van der Waals surface area contributed by atoms with Crippen molar-refractivity contribution in [3.63, 3.8) is 0 Å². The standard InChI is InChI=1S/C14H24N4O2/c1-10-13(11(2)20-18-10)9-17-14(15-3)16-8-12-6-4-5-7-19-12/h12H,4-9H2,1-3H3,(H2,15,16,17). The van der Waals surface area contributed by atoms with Gasteiger partial charge in [0.15, 0.2) is 5.96 Å². The molecule has 1 aliphatic heterocycles. The highest BCUT2D eigenvalue weighted by Gasteiger charge is 2.14. The first-order valence-corrected chi connectivity index (χ1v) is 7.18. The molecular formula is C14H24N4O2. The van der Waals surface area contributed by atoms with Crippen LogP contribution in [0.15, 0.2) is 9.52 Å². The summed E-state index contributed by atoms with van der Waals surface area (Å²) in [5.41, 5.74) is 2.00. The number of hydrogen-bond donors (Lipinski definition) is 2. The second-order valence-electron chi connectivity index (χ2n) is 5.10. The molecule has 6 nitrogen and oxygen atoms in total. The summed E-state index contributed by atoms with van der Waals surface area (Å²) in [6, 6.07) is 0. The van der Waals surface area contributed by atoms with Crippen molar-refractivity contribution < 1.29 is 9.26 Å². The Morgan fingerprint density at radius 1 is 1.35 bits per heavy atom. The lowest BCUT2D eigenvalue weighted by Gasteiger charge is -2.23. The highest BCUT2D eigenvalue weighted by Crippen LogP contribution is 2.12. The number of nitrogens with zero attached hydrogens (tertiary/aromatic N) is 2.